The Morgan fingerprint density at radius 3 is 3.06 bits per heavy atom. The summed E-state index contributed by atoms with van der Waals surface area (Å²) in [6.45, 7) is 7.21. The van der Waals surface area contributed by atoms with Crippen LogP contribution in [0.5, 0.6) is 0 Å². The summed E-state index contributed by atoms with van der Waals surface area (Å²) in [5.41, 5.74) is 0. The maximum Gasteiger partial charge on any atom is 0.0718 e. The van der Waals surface area contributed by atoms with Crippen molar-refractivity contribution in [3.8, 4) is 0 Å². The second-order valence-corrected chi connectivity index (χ2v) is 5.17. The van der Waals surface area contributed by atoms with E-state index in [0.29, 0.717) is 12.0 Å². The highest BCUT2D eigenvalue weighted by atomic mass is 16.5. The molecule has 4 heteroatoms. The highest BCUT2D eigenvalue weighted by Gasteiger charge is 2.28. The van der Waals surface area contributed by atoms with Gasteiger partial charge in [-0.15, -0.1) is 0 Å². The first-order chi connectivity index (χ1) is 8.29. The SMILES string of the molecule is CCOC1CCCN(CC(O)C2CCOC2)C1. The van der Waals surface area contributed by atoms with Crippen LogP contribution in [-0.4, -0.2) is 61.7 Å². The van der Waals surface area contributed by atoms with Gasteiger partial charge in [-0.3, -0.25) is 4.90 Å². The van der Waals surface area contributed by atoms with Crippen molar-refractivity contribution < 1.29 is 14.6 Å². The van der Waals surface area contributed by atoms with Gasteiger partial charge in [0.05, 0.1) is 18.8 Å². The first kappa shape index (κ1) is 13.3. The Labute approximate surface area is 104 Å². The first-order valence-corrected chi connectivity index (χ1v) is 6.89. The van der Waals surface area contributed by atoms with Crippen LogP contribution in [0, 0.1) is 5.92 Å². The predicted octanol–water partition coefficient (Wildman–Crippen LogP) is 0.885. The molecule has 1 N–H and O–H groups in total. The Bertz CT molecular complexity index is 217. The molecule has 2 rings (SSSR count). The fourth-order valence-corrected chi connectivity index (χ4v) is 2.82. The van der Waals surface area contributed by atoms with Gasteiger partial charge in [0, 0.05) is 32.2 Å². The van der Waals surface area contributed by atoms with Crippen LogP contribution in [0.25, 0.3) is 0 Å². The molecule has 0 aliphatic carbocycles. The number of hydrogen-bond acceptors (Lipinski definition) is 4. The van der Waals surface area contributed by atoms with E-state index in [4.69, 9.17) is 9.47 Å². The van der Waals surface area contributed by atoms with Crippen LogP contribution in [0.15, 0.2) is 0 Å². The standard InChI is InChI=1S/C13H25NO3/c1-2-17-12-4-3-6-14(8-12)9-13(15)11-5-7-16-10-11/h11-13,15H,2-10H2,1H3. The third kappa shape index (κ3) is 3.91. The minimum absolute atomic E-state index is 0.238. The molecule has 2 saturated heterocycles. The van der Waals surface area contributed by atoms with Gasteiger partial charge >= 0.3 is 0 Å². The molecule has 0 aromatic rings. The molecule has 2 fully saturated rings. The van der Waals surface area contributed by atoms with Crippen LogP contribution in [0.3, 0.4) is 0 Å². The average molecular weight is 243 g/mol. The average Bonchev–Trinajstić information content (AvgIpc) is 2.83. The highest BCUT2D eigenvalue weighted by Crippen LogP contribution is 2.19. The van der Waals surface area contributed by atoms with E-state index < -0.39 is 0 Å². The molecule has 2 aliphatic heterocycles. The molecular formula is C13H25NO3. The second kappa shape index (κ2) is 6.69. The van der Waals surface area contributed by atoms with Crippen molar-refractivity contribution in [3.05, 3.63) is 0 Å². The summed E-state index contributed by atoms with van der Waals surface area (Å²) >= 11 is 0. The molecule has 0 aromatic carbocycles. The summed E-state index contributed by atoms with van der Waals surface area (Å²) < 4.78 is 11.0. The highest BCUT2D eigenvalue weighted by molar-refractivity contribution is 4.80. The molecule has 4 nitrogen and oxygen atoms in total. The van der Waals surface area contributed by atoms with Crippen molar-refractivity contribution in [1.82, 2.24) is 4.90 Å². The summed E-state index contributed by atoms with van der Waals surface area (Å²) in [6.07, 6.45) is 3.47. The van der Waals surface area contributed by atoms with E-state index in [0.717, 1.165) is 52.3 Å². The maximum atomic E-state index is 10.2. The molecule has 2 heterocycles. The van der Waals surface area contributed by atoms with Crippen LogP contribution in [0.2, 0.25) is 0 Å². The number of hydrogen-bond donors (Lipinski definition) is 1. The van der Waals surface area contributed by atoms with E-state index in [9.17, 15) is 5.11 Å². The number of aliphatic hydroxyl groups excluding tert-OH is 1. The minimum Gasteiger partial charge on any atom is -0.391 e. The molecule has 0 bridgehead atoms. The van der Waals surface area contributed by atoms with Crippen molar-refractivity contribution in [2.45, 2.75) is 38.4 Å². The van der Waals surface area contributed by atoms with Gasteiger partial charge in [-0.25, -0.2) is 0 Å². The zero-order valence-corrected chi connectivity index (χ0v) is 10.8. The van der Waals surface area contributed by atoms with Crippen molar-refractivity contribution >= 4 is 0 Å². The van der Waals surface area contributed by atoms with Gasteiger partial charge in [-0.2, -0.15) is 0 Å². The third-order valence-electron chi connectivity index (χ3n) is 3.82. The number of aliphatic hydroxyl groups is 1. The molecule has 0 spiro atoms. The smallest absolute Gasteiger partial charge is 0.0718 e. The molecule has 0 aromatic heterocycles. The van der Waals surface area contributed by atoms with E-state index >= 15 is 0 Å². The number of piperidine rings is 1. The lowest BCUT2D eigenvalue weighted by atomic mass is 10.00. The summed E-state index contributed by atoms with van der Waals surface area (Å²) in [5, 5.41) is 10.2. The lowest BCUT2D eigenvalue weighted by Crippen LogP contribution is -2.45. The Morgan fingerprint density at radius 2 is 2.35 bits per heavy atom. The quantitative estimate of drug-likeness (QED) is 0.778. The van der Waals surface area contributed by atoms with Gasteiger partial charge in [0.15, 0.2) is 0 Å². The molecule has 100 valence electrons. The Hall–Kier alpha value is -0.160. The van der Waals surface area contributed by atoms with Crippen molar-refractivity contribution in [2.24, 2.45) is 5.92 Å². The van der Waals surface area contributed by atoms with Crippen LogP contribution < -0.4 is 0 Å². The molecule has 0 saturated carbocycles. The van der Waals surface area contributed by atoms with Crippen LogP contribution in [0.4, 0.5) is 0 Å². The third-order valence-corrected chi connectivity index (χ3v) is 3.82. The lowest BCUT2D eigenvalue weighted by molar-refractivity contribution is -0.0155. The van der Waals surface area contributed by atoms with Gasteiger partial charge in [-0.1, -0.05) is 0 Å². The van der Waals surface area contributed by atoms with E-state index in [1.807, 2.05) is 6.92 Å². The fraction of sp³-hybridized carbons (Fsp3) is 1.00. The van der Waals surface area contributed by atoms with E-state index in [-0.39, 0.29) is 6.10 Å². The van der Waals surface area contributed by atoms with Gasteiger partial charge in [0.25, 0.3) is 0 Å². The molecule has 2 aliphatic rings. The monoisotopic (exact) mass is 243 g/mol. The van der Waals surface area contributed by atoms with E-state index in [1.54, 1.807) is 0 Å². The molecule has 3 unspecified atom stereocenters. The summed E-state index contributed by atoms with van der Waals surface area (Å²) in [7, 11) is 0. The normalized spacial score (nSPS) is 32.8. The van der Waals surface area contributed by atoms with Crippen molar-refractivity contribution in [1.29, 1.82) is 0 Å². The number of likely N-dealkylation sites (tertiary alicyclic amines) is 1. The van der Waals surface area contributed by atoms with Gasteiger partial charge in [-0.05, 0) is 32.7 Å². The number of ether oxygens (including phenoxy) is 2. The number of β-amino-alcohol motifs (C(OH)–C–C–N with tert-alkyl or cyclic N) is 1. The lowest BCUT2D eigenvalue weighted by Gasteiger charge is -2.34. The Balaban J connectivity index is 1.73. The molecule has 17 heavy (non-hydrogen) atoms. The van der Waals surface area contributed by atoms with Gasteiger partial charge < -0.3 is 14.6 Å². The maximum absolute atomic E-state index is 10.2. The largest absolute Gasteiger partial charge is 0.391 e. The van der Waals surface area contributed by atoms with Crippen LogP contribution >= 0.6 is 0 Å². The Kier molecular flexibility index (Phi) is 5.22. The van der Waals surface area contributed by atoms with Gasteiger partial charge in [0.2, 0.25) is 0 Å². The van der Waals surface area contributed by atoms with E-state index in [1.165, 1.54) is 6.42 Å². The van der Waals surface area contributed by atoms with Crippen molar-refractivity contribution in [2.75, 3.05) is 39.5 Å². The van der Waals surface area contributed by atoms with Crippen LogP contribution in [-0.2, 0) is 9.47 Å². The Morgan fingerprint density at radius 1 is 1.47 bits per heavy atom. The zero-order chi connectivity index (χ0) is 12.1. The van der Waals surface area contributed by atoms with Crippen LogP contribution in [0.1, 0.15) is 26.2 Å². The molecule has 3 atom stereocenters. The predicted molar refractivity (Wildman–Crippen MR) is 66.0 cm³/mol. The van der Waals surface area contributed by atoms with Gasteiger partial charge in [0.1, 0.15) is 0 Å². The number of nitrogens with zero attached hydrogens (tertiary/aromatic N) is 1. The first-order valence-electron chi connectivity index (χ1n) is 6.89. The second-order valence-electron chi connectivity index (χ2n) is 5.17. The topological polar surface area (TPSA) is 41.9 Å². The summed E-state index contributed by atoms with van der Waals surface area (Å²) in [4.78, 5) is 2.34. The van der Waals surface area contributed by atoms with E-state index in [2.05, 4.69) is 4.90 Å². The molecule has 0 radical (unpaired) electrons. The van der Waals surface area contributed by atoms with Crippen molar-refractivity contribution in [3.63, 3.8) is 0 Å². The zero-order valence-electron chi connectivity index (χ0n) is 10.8. The summed E-state index contributed by atoms with van der Waals surface area (Å²) in [6, 6.07) is 0. The number of rotatable bonds is 5. The molecule has 0 amide bonds. The fourth-order valence-electron chi connectivity index (χ4n) is 2.82. The molecular weight excluding hydrogens is 218 g/mol. The minimum atomic E-state index is -0.238. The summed E-state index contributed by atoms with van der Waals surface area (Å²) in [5.74, 6) is 0.336.